The normalized spacial score (nSPS) is 10.7. The van der Waals surface area contributed by atoms with Crippen molar-refractivity contribution in [2.75, 3.05) is 26.7 Å². The first-order valence-electron chi connectivity index (χ1n) is 7.34. The first-order chi connectivity index (χ1) is 9.24. The molecule has 0 aliphatic heterocycles. The summed E-state index contributed by atoms with van der Waals surface area (Å²) in [6, 6.07) is 0. The van der Waals surface area contributed by atoms with Gasteiger partial charge in [0.25, 0.3) is 0 Å². The van der Waals surface area contributed by atoms with Gasteiger partial charge in [0.15, 0.2) is 5.96 Å². The lowest BCUT2D eigenvalue weighted by Gasteiger charge is -2.10. The Balaban J connectivity index is 0. The van der Waals surface area contributed by atoms with Crippen LogP contribution in [0.3, 0.4) is 0 Å². The summed E-state index contributed by atoms with van der Waals surface area (Å²) in [5, 5.41) is 6.50. The maximum Gasteiger partial charge on any atom is 0.305 e. The minimum Gasteiger partial charge on any atom is -0.466 e. The van der Waals surface area contributed by atoms with Gasteiger partial charge in [0.2, 0.25) is 0 Å². The van der Waals surface area contributed by atoms with E-state index in [9.17, 15) is 4.79 Å². The molecule has 0 aromatic carbocycles. The lowest BCUT2D eigenvalue weighted by molar-refractivity contribution is -0.143. The fraction of sp³-hybridized carbons (Fsp3) is 0.857. The van der Waals surface area contributed by atoms with Crippen molar-refractivity contribution in [2.45, 2.75) is 52.4 Å². The molecule has 0 saturated carbocycles. The van der Waals surface area contributed by atoms with Crippen LogP contribution in [0.2, 0.25) is 0 Å². The van der Waals surface area contributed by atoms with Gasteiger partial charge in [0.05, 0.1) is 6.61 Å². The largest absolute Gasteiger partial charge is 0.466 e. The van der Waals surface area contributed by atoms with Crippen LogP contribution in [0.1, 0.15) is 52.4 Å². The molecule has 0 rings (SSSR count). The number of rotatable bonds is 10. The van der Waals surface area contributed by atoms with Gasteiger partial charge in [-0.05, 0) is 26.2 Å². The number of hydrogen-bond donors (Lipinski definition) is 2. The number of nitrogens with one attached hydrogen (secondary N) is 2. The second kappa shape index (κ2) is 16.5. The van der Waals surface area contributed by atoms with Crippen LogP contribution in [0.5, 0.6) is 0 Å². The number of aliphatic imine (C=N–C) groups is 1. The fourth-order valence-electron chi connectivity index (χ4n) is 1.65. The van der Waals surface area contributed by atoms with E-state index in [1.807, 2.05) is 6.92 Å². The zero-order valence-electron chi connectivity index (χ0n) is 13.0. The second-order valence-corrected chi connectivity index (χ2v) is 4.40. The lowest BCUT2D eigenvalue weighted by atomic mass is 10.1. The third-order valence-electron chi connectivity index (χ3n) is 2.67. The van der Waals surface area contributed by atoms with E-state index < -0.39 is 0 Å². The predicted molar refractivity (Wildman–Crippen MR) is 94.8 cm³/mol. The van der Waals surface area contributed by atoms with Gasteiger partial charge in [-0.2, -0.15) is 0 Å². The number of carbonyl (C=O) groups is 1. The number of ether oxygens (including phenoxy) is 1. The first-order valence-corrected chi connectivity index (χ1v) is 7.34. The van der Waals surface area contributed by atoms with Gasteiger partial charge in [0.1, 0.15) is 0 Å². The van der Waals surface area contributed by atoms with Crippen molar-refractivity contribution in [3.63, 3.8) is 0 Å². The van der Waals surface area contributed by atoms with Crippen molar-refractivity contribution in [1.82, 2.24) is 10.6 Å². The summed E-state index contributed by atoms with van der Waals surface area (Å²) in [6.45, 7) is 6.31. The standard InChI is InChI=1S/C14H29N3O2.HI/c1-4-11-16-14(15-3)17-12-9-7-6-8-10-13(18)19-5-2;/h4-12H2,1-3H3,(H2,15,16,17);1H. The Labute approximate surface area is 140 Å². The average molecular weight is 399 g/mol. The third-order valence-corrected chi connectivity index (χ3v) is 2.67. The molecule has 0 amide bonds. The number of halogens is 1. The van der Waals surface area contributed by atoms with Crippen molar-refractivity contribution < 1.29 is 9.53 Å². The van der Waals surface area contributed by atoms with Gasteiger partial charge >= 0.3 is 5.97 Å². The topological polar surface area (TPSA) is 62.7 Å². The van der Waals surface area contributed by atoms with Crippen LogP contribution in [0.15, 0.2) is 4.99 Å². The predicted octanol–water partition coefficient (Wildman–Crippen LogP) is 2.69. The van der Waals surface area contributed by atoms with Gasteiger partial charge in [0, 0.05) is 26.6 Å². The van der Waals surface area contributed by atoms with E-state index in [-0.39, 0.29) is 29.9 Å². The Kier molecular flexibility index (Phi) is 18.0. The molecule has 0 spiro atoms. The van der Waals surface area contributed by atoms with Crippen LogP contribution >= 0.6 is 24.0 Å². The van der Waals surface area contributed by atoms with E-state index in [2.05, 4.69) is 22.5 Å². The van der Waals surface area contributed by atoms with Crippen LogP contribution in [0.25, 0.3) is 0 Å². The molecular formula is C14H30IN3O2. The molecule has 5 nitrogen and oxygen atoms in total. The molecule has 0 bridgehead atoms. The second-order valence-electron chi connectivity index (χ2n) is 4.40. The van der Waals surface area contributed by atoms with Crippen molar-refractivity contribution in [1.29, 1.82) is 0 Å². The molecular weight excluding hydrogens is 369 g/mol. The molecule has 20 heavy (non-hydrogen) atoms. The number of unbranched alkanes of at least 4 members (excludes halogenated alkanes) is 3. The summed E-state index contributed by atoms with van der Waals surface area (Å²) >= 11 is 0. The van der Waals surface area contributed by atoms with E-state index >= 15 is 0 Å². The monoisotopic (exact) mass is 399 g/mol. The molecule has 0 saturated heterocycles. The molecule has 120 valence electrons. The van der Waals surface area contributed by atoms with E-state index in [0.717, 1.165) is 51.2 Å². The average Bonchev–Trinajstić information content (AvgIpc) is 2.41. The van der Waals surface area contributed by atoms with Crippen LogP contribution in [0.4, 0.5) is 0 Å². The highest BCUT2D eigenvalue weighted by molar-refractivity contribution is 14.0. The molecule has 0 aliphatic carbocycles. The smallest absolute Gasteiger partial charge is 0.305 e. The van der Waals surface area contributed by atoms with Crippen LogP contribution in [-0.2, 0) is 9.53 Å². The zero-order chi connectivity index (χ0) is 14.3. The Bertz CT molecular complexity index is 261. The number of nitrogens with zero attached hydrogens (tertiary/aromatic N) is 1. The highest BCUT2D eigenvalue weighted by Gasteiger charge is 2.00. The van der Waals surface area contributed by atoms with Gasteiger partial charge < -0.3 is 15.4 Å². The van der Waals surface area contributed by atoms with Crippen molar-refractivity contribution in [3.05, 3.63) is 0 Å². The summed E-state index contributed by atoms with van der Waals surface area (Å²) in [5.74, 6) is 0.790. The summed E-state index contributed by atoms with van der Waals surface area (Å²) in [6.07, 6.45) is 5.84. The fourth-order valence-corrected chi connectivity index (χ4v) is 1.65. The molecule has 0 fully saturated rings. The first kappa shape index (κ1) is 21.8. The summed E-state index contributed by atoms with van der Waals surface area (Å²) < 4.78 is 4.88. The Morgan fingerprint density at radius 3 is 2.30 bits per heavy atom. The van der Waals surface area contributed by atoms with Gasteiger partial charge in [-0.3, -0.25) is 9.79 Å². The molecule has 0 aromatic heterocycles. The molecule has 2 N–H and O–H groups in total. The van der Waals surface area contributed by atoms with Gasteiger partial charge in [-0.15, -0.1) is 24.0 Å². The summed E-state index contributed by atoms with van der Waals surface area (Å²) in [7, 11) is 1.78. The molecule has 0 heterocycles. The van der Waals surface area contributed by atoms with Crippen molar-refractivity contribution in [3.8, 4) is 0 Å². The highest BCUT2D eigenvalue weighted by atomic mass is 127. The molecule has 0 atom stereocenters. The van der Waals surface area contributed by atoms with Gasteiger partial charge in [-0.25, -0.2) is 0 Å². The number of esters is 1. The highest BCUT2D eigenvalue weighted by Crippen LogP contribution is 2.03. The van der Waals surface area contributed by atoms with Crippen LogP contribution in [0, 0.1) is 0 Å². The molecule has 0 aromatic rings. The Morgan fingerprint density at radius 1 is 1.05 bits per heavy atom. The molecule has 6 heteroatoms. The Hall–Kier alpha value is -0.530. The number of hydrogen-bond acceptors (Lipinski definition) is 3. The number of carbonyl (C=O) groups excluding carboxylic acids is 1. The van der Waals surface area contributed by atoms with E-state index in [0.29, 0.717) is 13.0 Å². The summed E-state index contributed by atoms with van der Waals surface area (Å²) in [4.78, 5) is 15.2. The van der Waals surface area contributed by atoms with E-state index in [4.69, 9.17) is 4.74 Å². The maximum absolute atomic E-state index is 11.1. The maximum atomic E-state index is 11.1. The Morgan fingerprint density at radius 2 is 1.70 bits per heavy atom. The lowest BCUT2D eigenvalue weighted by Crippen LogP contribution is -2.38. The molecule has 0 aliphatic rings. The zero-order valence-corrected chi connectivity index (χ0v) is 15.4. The SMILES string of the molecule is CCCNC(=NC)NCCCCCCC(=O)OCC.I. The third kappa shape index (κ3) is 13.9. The van der Waals surface area contributed by atoms with Gasteiger partial charge in [-0.1, -0.05) is 19.8 Å². The van der Waals surface area contributed by atoms with Crippen molar-refractivity contribution in [2.24, 2.45) is 4.99 Å². The molecule has 0 radical (unpaired) electrons. The quantitative estimate of drug-likeness (QED) is 0.195. The summed E-state index contributed by atoms with van der Waals surface area (Å²) in [5.41, 5.74) is 0. The minimum absolute atomic E-state index is 0. The van der Waals surface area contributed by atoms with E-state index in [1.165, 1.54) is 0 Å². The van der Waals surface area contributed by atoms with E-state index in [1.54, 1.807) is 7.05 Å². The van der Waals surface area contributed by atoms with Crippen LogP contribution in [-0.4, -0.2) is 38.7 Å². The van der Waals surface area contributed by atoms with Crippen molar-refractivity contribution >= 4 is 35.9 Å². The minimum atomic E-state index is -0.0789. The molecule has 0 unspecified atom stereocenters. The van der Waals surface area contributed by atoms with Crippen LogP contribution < -0.4 is 10.6 Å². The number of guanidine groups is 1.